The first-order valence-electron chi connectivity index (χ1n) is 7.20. The van der Waals surface area contributed by atoms with Crippen LogP contribution in [-0.2, 0) is 11.3 Å². The largest absolute Gasteiger partial charge is 0.491 e. The summed E-state index contributed by atoms with van der Waals surface area (Å²) < 4.78 is 56.1. The summed E-state index contributed by atoms with van der Waals surface area (Å²) in [6, 6.07) is 2.43. The first-order chi connectivity index (χ1) is 10.9. The van der Waals surface area contributed by atoms with E-state index >= 15 is 0 Å². The van der Waals surface area contributed by atoms with Crippen LogP contribution in [0.15, 0.2) is 12.1 Å². The molecular weight excluding hydrogens is 316 g/mol. The molecule has 1 unspecified atom stereocenters. The molecule has 2 rings (SSSR count). The molecule has 128 valence electrons. The average molecular weight is 334 g/mol. The Bertz CT molecular complexity index is 545. The maximum atomic E-state index is 13.6. The van der Waals surface area contributed by atoms with Crippen LogP contribution >= 0.6 is 0 Å². The number of ether oxygens (including phenoxy) is 1. The second-order valence-corrected chi connectivity index (χ2v) is 5.53. The van der Waals surface area contributed by atoms with Crippen molar-refractivity contribution in [3.05, 3.63) is 29.3 Å². The van der Waals surface area contributed by atoms with Gasteiger partial charge >= 0.3 is 6.43 Å². The van der Waals surface area contributed by atoms with Gasteiger partial charge in [-0.3, -0.25) is 9.69 Å². The van der Waals surface area contributed by atoms with Crippen LogP contribution in [0.4, 0.5) is 17.6 Å². The highest BCUT2D eigenvalue weighted by Crippen LogP contribution is 2.25. The number of alkyl halides is 2. The van der Waals surface area contributed by atoms with Crippen LogP contribution in [0, 0.1) is 17.6 Å². The molecule has 0 aliphatic carbocycles. The highest BCUT2D eigenvalue weighted by molar-refractivity contribution is 5.79. The minimum atomic E-state index is -3.02. The van der Waals surface area contributed by atoms with Crippen molar-refractivity contribution in [2.45, 2.75) is 19.4 Å². The molecule has 1 amide bonds. The molecule has 1 fully saturated rings. The third-order valence-corrected chi connectivity index (χ3v) is 3.80. The molecule has 1 heterocycles. The summed E-state index contributed by atoms with van der Waals surface area (Å²) in [5.41, 5.74) is 0.470. The first kappa shape index (κ1) is 17.5. The minimum absolute atomic E-state index is 0.0469. The quantitative estimate of drug-likeness (QED) is 0.811. The lowest BCUT2D eigenvalue weighted by molar-refractivity contribution is -0.131. The molecular formula is C15H18F4N2O2. The topological polar surface area (TPSA) is 41.6 Å². The van der Waals surface area contributed by atoms with Crippen LogP contribution in [0.5, 0.6) is 5.75 Å². The molecule has 8 heteroatoms. The van der Waals surface area contributed by atoms with Crippen molar-refractivity contribution in [1.29, 1.82) is 0 Å². The van der Waals surface area contributed by atoms with E-state index in [1.165, 1.54) is 19.2 Å². The van der Waals surface area contributed by atoms with E-state index in [2.05, 4.69) is 10.1 Å². The average Bonchev–Trinajstić information content (AvgIpc) is 2.91. The van der Waals surface area contributed by atoms with Gasteiger partial charge in [-0.2, -0.15) is 8.78 Å². The van der Waals surface area contributed by atoms with E-state index in [1.54, 1.807) is 0 Å². The summed E-state index contributed by atoms with van der Waals surface area (Å²) in [6.45, 7) is 1.76. The van der Waals surface area contributed by atoms with E-state index in [-0.39, 0.29) is 12.5 Å². The van der Waals surface area contributed by atoms with Gasteiger partial charge in [0, 0.05) is 19.6 Å². The van der Waals surface area contributed by atoms with Gasteiger partial charge in [-0.05, 0) is 36.6 Å². The Morgan fingerprint density at radius 2 is 2.04 bits per heavy atom. The normalized spacial score (nSPS) is 18.4. The fourth-order valence-electron chi connectivity index (χ4n) is 2.70. The van der Waals surface area contributed by atoms with Gasteiger partial charge < -0.3 is 10.1 Å². The molecule has 1 aromatic rings. The van der Waals surface area contributed by atoms with E-state index in [0.29, 0.717) is 25.2 Å². The van der Waals surface area contributed by atoms with Gasteiger partial charge in [-0.1, -0.05) is 0 Å². The molecule has 0 radical (unpaired) electrons. The van der Waals surface area contributed by atoms with Crippen molar-refractivity contribution in [1.82, 2.24) is 10.2 Å². The van der Waals surface area contributed by atoms with Crippen molar-refractivity contribution < 1.29 is 27.1 Å². The van der Waals surface area contributed by atoms with Crippen LogP contribution in [0.2, 0.25) is 0 Å². The van der Waals surface area contributed by atoms with Crippen LogP contribution in [-0.4, -0.2) is 44.0 Å². The lowest BCUT2D eigenvalue weighted by Crippen LogP contribution is -2.34. The Labute approximate surface area is 131 Å². The molecule has 0 aromatic heterocycles. The summed E-state index contributed by atoms with van der Waals surface area (Å²) in [4.78, 5) is 12.8. The highest BCUT2D eigenvalue weighted by Gasteiger charge is 2.25. The Hall–Kier alpha value is -1.83. The zero-order chi connectivity index (χ0) is 17.0. The molecule has 1 aliphatic rings. The van der Waals surface area contributed by atoms with Gasteiger partial charge in [0.05, 0.1) is 7.11 Å². The lowest BCUT2D eigenvalue weighted by atomic mass is 10.1. The maximum Gasteiger partial charge on any atom is 0.315 e. The first-order valence-corrected chi connectivity index (χ1v) is 7.20. The number of carbonyl (C=O) groups is 1. The van der Waals surface area contributed by atoms with Crippen LogP contribution < -0.4 is 10.1 Å². The number of benzene rings is 1. The molecule has 1 N–H and O–H groups in total. The monoisotopic (exact) mass is 334 g/mol. The fourth-order valence-corrected chi connectivity index (χ4v) is 2.70. The lowest BCUT2D eigenvalue weighted by Gasteiger charge is -2.17. The van der Waals surface area contributed by atoms with Gasteiger partial charge in [-0.25, -0.2) is 8.78 Å². The van der Waals surface area contributed by atoms with E-state index in [4.69, 9.17) is 0 Å². The third kappa shape index (κ3) is 4.57. The molecule has 0 bridgehead atoms. The number of likely N-dealkylation sites (tertiary alicyclic amines) is 1. The van der Waals surface area contributed by atoms with E-state index in [1.807, 2.05) is 4.90 Å². The van der Waals surface area contributed by atoms with Gasteiger partial charge in [0.25, 0.3) is 5.91 Å². The smallest absolute Gasteiger partial charge is 0.315 e. The number of amides is 1. The van der Waals surface area contributed by atoms with Gasteiger partial charge in [0.15, 0.2) is 17.4 Å². The second kappa shape index (κ2) is 7.63. The number of carbonyl (C=O) groups excluding carboxylic acids is 1. The molecule has 23 heavy (non-hydrogen) atoms. The minimum Gasteiger partial charge on any atom is -0.491 e. The summed E-state index contributed by atoms with van der Waals surface area (Å²) in [6.07, 6.45) is -2.29. The Morgan fingerprint density at radius 3 is 2.61 bits per heavy atom. The van der Waals surface area contributed by atoms with E-state index < -0.39 is 29.7 Å². The zero-order valence-electron chi connectivity index (χ0n) is 12.6. The van der Waals surface area contributed by atoms with E-state index in [9.17, 15) is 22.4 Å². The van der Waals surface area contributed by atoms with Crippen molar-refractivity contribution in [3.63, 3.8) is 0 Å². The number of nitrogens with one attached hydrogen (secondary N) is 1. The maximum absolute atomic E-state index is 13.6. The van der Waals surface area contributed by atoms with Gasteiger partial charge in [-0.15, -0.1) is 0 Å². The molecule has 1 saturated heterocycles. The summed E-state index contributed by atoms with van der Waals surface area (Å²) in [7, 11) is 1.19. The number of halogens is 4. The number of methoxy groups -OCH3 is 1. The van der Waals surface area contributed by atoms with Crippen molar-refractivity contribution in [2.75, 3.05) is 26.7 Å². The van der Waals surface area contributed by atoms with Crippen molar-refractivity contribution >= 4 is 5.91 Å². The number of rotatable bonds is 6. The molecule has 1 atom stereocenters. The van der Waals surface area contributed by atoms with Crippen LogP contribution in [0.25, 0.3) is 0 Å². The zero-order valence-corrected chi connectivity index (χ0v) is 12.6. The SMILES string of the molecule is COc1c(F)cc(CN2CCC(CNC(=O)C(F)F)C2)cc1F. The van der Waals surface area contributed by atoms with Crippen molar-refractivity contribution in [3.8, 4) is 5.75 Å². The summed E-state index contributed by atoms with van der Waals surface area (Å²) in [5, 5.41) is 2.19. The standard InChI is InChI=1S/C15H18F4N2O2/c1-23-13-11(16)4-10(5-12(13)17)8-21-3-2-9(7-21)6-20-15(22)14(18)19/h4-5,9,14H,2-3,6-8H2,1H3,(H,20,22). The summed E-state index contributed by atoms with van der Waals surface area (Å²) >= 11 is 0. The molecule has 0 saturated carbocycles. The predicted octanol–water partition coefficient (Wildman–Crippen LogP) is 2.18. The van der Waals surface area contributed by atoms with Crippen LogP contribution in [0.3, 0.4) is 0 Å². The molecule has 1 aliphatic heterocycles. The number of hydrogen-bond donors (Lipinski definition) is 1. The van der Waals surface area contributed by atoms with E-state index in [0.717, 1.165) is 6.42 Å². The Kier molecular flexibility index (Phi) is 5.81. The summed E-state index contributed by atoms with van der Waals surface area (Å²) in [5.74, 6) is -3.17. The Balaban J connectivity index is 1.87. The molecule has 1 aromatic carbocycles. The molecule has 0 spiro atoms. The third-order valence-electron chi connectivity index (χ3n) is 3.80. The van der Waals surface area contributed by atoms with Crippen molar-refractivity contribution in [2.24, 2.45) is 5.92 Å². The van der Waals surface area contributed by atoms with Crippen LogP contribution in [0.1, 0.15) is 12.0 Å². The van der Waals surface area contributed by atoms with Gasteiger partial charge in [0.2, 0.25) is 0 Å². The Morgan fingerprint density at radius 1 is 1.39 bits per heavy atom. The fraction of sp³-hybridized carbons (Fsp3) is 0.533. The highest BCUT2D eigenvalue weighted by atomic mass is 19.3. The number of hydrogen-bond acceptors (Lipinski definition) is 3. The molecule has 4 nitrogen and oxygen atoms in total. The predicted molar refractivity (Wildman–Crippen MR) is 75.3 cm³/mol. The number of nitrogens with zero attached hydrogens (tertiary/aromatic N) is 1. The second-order valence-electron chi connectivity index (χ2n) is 5.53. The van der Waals surface area contributed by atoms with Gasteiger partial charge in [0.1, 0.15) is 0 Å².